The largest absolute Gasteiger partial charge is 0.328 e. The molecule has 0 unspecified atom stereocenters. The summed E-state index contributed by atoms with van der Waals surface area (Å²) in [4.78, 5) is 9.24. The van der Waals surface area contributed by atoms with Crippen molar-refractivity contribution in [1.82, 2.24) is 0 Å². The van der Waals surface area contributed by atoms with Crippen molar-refractivity contribution >= 4 is 0 Å². The fraction of sp³-hybridized carbons (Fsp3) is 1.00. The number of nitrogens with two attached hydrogens (primary N) is 1. The summed E-state index contributed by atoms with van der Waals surface area (Å²) >= 11 is 0. The van der Waals surface area contributed by atoms with Crippen molar-refractivity contribution in [3.05, 3.63) is 0 Å². The minimum Gasteiger partial charge on any atom is -0.328 e. The maximum Gasteiger partial charge on any atom is 0.0977 e. The third-order valence-corrected chi connectivity index (χ3v) is 4.43. The molecule has 0 amide bonds. The maximum absolute atomic E-state index is 5.18. The van der Waals surface area contributed by atoms with Gasteiger partial charge < -0.3 is 5.73 Å². The SMILES string of the molecule is CCCCCCCCCCCCCCCCCCOOOOOCCN. The zero-order valence-corrected chi connectivity index (χ0v) is 17.1. The molecule has 0 aromatic carbocycles. The van der Waals surface area contributed by atoms with Crippen LogP contribution in [0.25, 0.3) is 0 Å². The van der Waals surface area contributed by atoms with E-state index >= 15 is 0 Å². The van der Waals surface area contributed by atoms with Gasteiger partial charge in [-0.2, -0.15) is 0 Å². The van der Waals surface area contributed by atoms with Crippen LogP contribution in [0.1, 0.15) is 110 Å². The molecule has 0 fully saturated rings. The van der Waals surface area contributed by atoms with E-state index in [1.165, 1.54) is 89.9 Å². The minimum absolute atomic E-state index is 0.239. The van der Waals surface area contributed by atoms with Gasteiger partial charge >= 0.3 is 0 Å². The number of hydrogen-bond acceptors (Lipinski definition) is 6. The predicted octanol–water partition coefficient (Wildman–Crippen LogP) is 5.95. The van der Waals surface area contributed by atoms with E-state index in [-0.39, 0.29) is 6.61 Å². The molecular formula is C20H43NO5. The molecule has 0 atom stereocenters. The lowest BCUT2D eigenvalue weighted by molar-refractivity contribution is -0.708. The standard InChI is InChI=1S/C20H43NO5/c1-2-3-4-5-6-7-8-9-10-11-12-13-14-15-16-17-19-22-24-26-25-23-20-18-21/h2-21H2,1H3. The van der Waals surface area contributed by atoms with Crippen LogP contribution in [-0.4, -0.2) is 19.8 Å². The average molecular weight is 378 g/mol. The van der Waals surface area contributed by atoms with Crippen LogP contribution in [0.3, 0.4) is 0 Å². The molecule has 0 aromatic rings. The summed E-state index contributed by atoms with van der Waals surface area (Å²) in [6.07, 6.45) is 21.6. The van der Waals surface area contributed by atoms with Crippen LogP contribution in [0.4, 0.5) is 0 Å². The van der Waals surface area contributed by atoms with E-state index in [0.717, 1.165) is 12.8 Å². The van der Waals surface area contributed by atoms with E-state index in [2.05, 4.69) is 26.9 Å². The van der Waals surface area contributed by atoms with Gasteiger partial charge in [0.2, 0.25) is 0 Å². The third-order valence-electron chi connectivity index (χ3n) is 4.43. The van der Waals surface area contributed by atoms with Crippen LogP contribution in [0, 0.1) is 0 Å². The van der Waals surface area contributed by atoms with Gasteiger partial charge in [0.25, 0.3) is 0 Å². The number of unbranched alkanes of at least 4 members (excludes halogenated alkanes) is 15. The lowest BCUT2D eigenvalue weighted by atomic mass is 10.0. The van der Waals surface area contributed by atoms with E-state index in [1.54, 1.807) is 0 Å². The zero-order valence-electron chi connectivity index (χ0n) is 17.1. The Balaban J connectivity index is 2.95. The second kappa shape index (κ2) is 24.8. The molecule has 0 spiro atoms. The highest BCUT2D eigenvalue weighted by Crippen LogP contribution is 2.13. The molecule has 0 bridgehead atoms. The van der Waals surface area contributed by atoms with Crippen LogP contribution in [0.15, 0.2) is 0 Å². The molecule has 0 saturated heterocycles. The van der Waals surface area contributed by atoms with Gasteiger partial charge in [0.15, 0.2) is 0 Å². The second-order valence-electron chi connectivity index (χ2n) is 6.94. The van der Waals surface area contributed by atoms with Crippen molar-refractivity contribution in [2.45, 2.75) is 110 Å². The molecule has 0 heterocycles. The summed E-state index contributed by atoms with van der Waals surface area (Å²) in [5.41, 5.74) is 5.18. The van der Waals surface area contributed by atoms with E-state index in [1.807, 2.05) is 0 Å². The Morgan fingerprint density at radius 3 is 1.27 bits per heavy atom. The van der Waals surface area contributed by atoms with Crippen molar-refractivity contribution in [2.75, 3.05) is 19.8 Å². The zero-order chi connectivity index (χ0) is 19.0. The molecule has 6 nitrogen and oxygen atoms in total. The van der Waals surface area contributed by atoms with Crippen molar-refractivity contribution in [3.63, 3.8) is 0 Å². The van der Waals surface area contributed by atoms with Crippen LogP contribution in [0.5, 0.6) is 0 Å². The normalized spacial score (nSPS) is 11.3. The second-order valence-corrected chi connectivity index (χ2v) is 6.94. The van der Waals surface area contributed by atoms with Crippen molar-refractivity contribution in [1.29, 1.82) is 0 Å². The molecule has 0 rings (SSSR count). The van der Waals surface area contributed by atoms with Crippen LogP contribution in [0.2, 0.25) is 0 Å². The summed E-state index contributed by atoms with van der Waals surface area (Å²) in [7, 11) is 0. The molecule has 26 heavy (non-hydrogen) atoms. The van der Waals surface area contributed by atoms with Gasteiger partial charge in [-0.05, 0) is 21.5 Å². The quantitative estimate of drug-likeness (QED) is 0.135. The smallest absolute Gasteiger partial charge is 0.0977 e. The highest BCUT2D eigenvalue weighted by atomic mass is 17.8. The lowest BCUT2D eigenvalue weighted by Gasteiger charge is -2.04. The first-order valence-electron chi connectivity index (χ1n) is 10.9. The molecule has 0 saturated carbocycles. The Kier molecular flexibility index (Phi) is 24.5. The fourth-order valence-corrected chi connectivity index (χ4v) is 2.88. The van der Waals surface area contributed by atoms with E-state index in [4.69, 9.17) is 10.6 Å². The Labute approximate surface area is 160 Å². The molecule has 0 aromatic heterocycles. The molecule has 6 heteroatoms. The first-order valence-corrected chi connectivity index (χ1v) is 10.9. The summed E-state index contributed by atoms with van der Waals surface area (Å²) in [6.45, 7) is 3.35. The molecule has 0 aliphatic heterocycles. The molecular weight excluding hydrogens is 334 g/mol. The average Bonchev–Trinajstić information content (AvgIpc) is 2.66. The van der Waals surface area contributed by atoms with Crippen LogP contribution < -0.4 is 5.73 Å². The lowest BCUT2D eigenvalue weighted by Crippen LogP contribution is -2.09. The van der Waals surface area contributed by atoms with Gasteiger partial charge in [0.05, 0.1) is 13.2 Å². The van der Waals surface area contributed by atoms with Gasteiger partial charge in [-0.1, -0.05) is 103 Å². The first-order chi connectivity index (χ1) is 12.9. The Morgan fingerprint density at radius 1 is 0.462 bits per heavy atom. The van der Waals surface area contributed by atoms with Gasteiger partial charge in [-0.15, -0.1) is 0 Å². The van der Waals surface area contributed by atoms with Crippen LogP contribution >= 0.6 is 0 Å². The van der Waals surface area contributed by atoms with Crippen molar-refractivity contribution < 1.29 is 24.9 Å². The third kappa shape index (κ3) is 23.8. The van der Waals surface area contributed by atoms with Gasteiger partial charge in [0, 0.05) is 6.54 Å². The summed E-state index contributed by atoms with van der Waals surface area (Å²) < 4.78 is 0. The molecule has 158 valence electrons. The van der Waals surface area contributed by atoms with Gasteiger partial charge in [-0.3, -0.25) is 0 Å². The topological polar surface area (TPSA) is 72.2 Å². The van der Waals surface area contributed by atoms with E-state index in [0.29, 0.717) is 13.2 Å². The molecule has 0 aliphatic carbocycles. The summed E-state index contributed by atoms with van der Waals surface area (Å²) in [6, 6.07) is 0. The number of rotatable bonds is 23. The molecule has 2 N–H and O–H groups in total. The molecule has 0 radical (unpaired) electrons. The minimum atomic E-state index is 0.239. The first kappa shape index (κ1) is 25.8. The molecule has 0 aliphatic rings. The Morgan fingerprint density at radius 2 is 0.846 bits per heavy atom. The summed E-state index contributed by atoms with van der Waals surface area (Å²) in [5.74, 6) is 0. The maximum atomic E-state index is 5.18. The van der Waals surface area contributed by atoms with Crippen molar-refractivity contribution in [2.24, 2.45) is 5.73 Å². The fourth-order valence-electron chi connectivity index (χ4n) is 2.88. The Bertz CT molecular complexity index is 220. The van der Waals surface area contributed by atoms with E-state index in [9.17, 15) is 0 Å². The van der Waals surface area contributed by atoms with Gasteiger partial charge in [-0.25, -0.2) is 9.78 Å². The number of hydrogen-bond donors (Lipinski definition) is 1. The highest BCUT2D eigenvalue weighted by molar-refractivity contribution is 4.49. The van der Waals surface area contributed by atoms with Crippen molar-refractivity contribution in [3.8, 4) is 0 Å². The Hall–Kier alpha value is -0.240. The highest BCUT2D eigenvalue weighted by Gasteiger charge is 1.96. The van der Waals surface area contributed by atoms with Crippen LogP contribution in [-0.2, 0) is 24.9 Å². The monoisotopic (exact) mass is 377 g/mol. The predicted molar refractivity (Wildman–Crippen MR) is 104 cm³/mol. The summed E-state index contributed by atoms with van der Waals surface area (Å²) in [5, 5.41) is 12.7. The van der Waals surface area contributed by atoms with E-state index < -0.39 is 0 Å². The van der Waals surface area contributed by atoms with Gasteiger partial charge in [0.1, 0.15) is 0 Å².